The van der Waals surface area contributed by atoms with Crippen LogP contribution in [0, 0.1) is 0 Å². The lowest BCUT2D eigenvalue weighted by molar-refractivity contribution is 0.393. The van der Waals surface area contributed by atoms with E-state index in [9.17, 15) is 0 Å². The van der Waals surface area contributed by atoms with E-state index in [2.05, 4.69) is 75.3 Å². The molecule has 0 bridgehead atoms. The molecule has 104 valence electrons. The zero-order valence-corrected chi connectivity index (χ0v) is 13.3. The number of nitrogens with zero attached hydrogens (tertiary/aromatic N) is 2. The van der Waals surface area contributed by atoms with Crippen molar-refractivity contribution in [2.24, 2.45) is 0 Å². The van der Waals surface area contributed by atoms with Gasteiger partial charge in [0.1, 0.15) is 0 Å². The van der Waals surface area contributed by atoms with Gasteiger partial charge in [-0.3, -0.25) is 0 Å². The molecule has 0 aliphatic carbocycles. The van der Waals surface area contributed by atoms with Crippen molar-refractivity contribution in [3.8, 4) is 0 Å². The van der Waals surface area contributed by atoms with Crippen molar-refractivity contribution in [1.82, 2.24) is 14.8 Å². The van der Waals surface area contributed by atoms with Gasteiger partial charge < -0.3 is 14.8 Å². The van der Waals surface area contributed by atoms with Crippen LogP contribution in [0.15, 0.2) is 34.9 Å². The predicted molar refractivity (Wildman–Crippen MR) is 85.7 cm³/mol. The summed E-state index contributed by atoms with van der Waals surface area (Å²) < 4.78 is 3.44. The lowest BCUT2D eigenvalue weighted by Gasteiger charge is -2.10. The Balaban J connectivity index is 1.79. The van der Waals surface area contributed by atoms with Crippen molar-refractivity contribution >= 4 is 26.8 Å². The highest BCUT2D eigenvalue weighted by atomic mass is 79.9. The Morgan fingerprint density at radius 1 is 1.21 bits per heavy atom. The van der Waals surface area contributed by atoms with Crippen molar-refractivity contribution in [1.29, 1.82) is 0 Å². The fourth-order valence-electron chi connectivity index (χ4n) is 2.21. The van der Waals surface area contributed by atoms with Gasteiger partial charge in [-0.15, -0.1) is 0 Å². The van der Waals surface area contributed by atoms with E-state index in [0.717, 1.165) is 30.7 Å². The van der Waals surface area contributed by atoms with Crippen LogP contribution in [0.5, 0.6) is 0 Å². The molecule has 1 heterocycles. The molecule has 1 aromatic heterocycles. The van der Waals surface area contributed by atoms with Crippen molar-refractivity contribution in [2.75, 3.05) is 33.7 Å². The molecule has 19 heavy (non-hydrogen) atoms. The Kier molecular flexibility index (Phi) is 5.43. The largest absolute Gasteiger partial charge is 0.346 e. The quantitative estimate of drug-likeness (QED) is 0.790. The van der Waals surface area contributed by atoms with Crippen LogP contribution in [0.4, 0.5) is 0 Å². The van der Waals surface area contributed by atoms with Gasteiger partial charge in [0.15, 0.2) is 0 Å². The number of halogens is 1. The molecule has 0 saturated heterocycles. The minimum atomic E-state index is 1.02. The molecule has 0 spiro atoms. The molecule has 0 radical (unpaired) electrons. The molecule has 0 fully saturated rings. The van der Waals surface area contributed by atoms with Gasteiger partial charge in [-0.05, 0) is 57.9 Å². The van der Waals surface area contributed by atoms with Gasteiger partial charge in [-0.2, -0.15) is 0 Å². The highest BCUT2D eigenvalue weighted by molar-refractivity contribution is 9.10. The molecule has 1 aromatic carbocycles. The number of nitrogens with one attached hydrogen (secondary N) is 1. The van der Waals surface area contributed by atoms with E-state index in [4.69, 9.17) is 0 Å². The van der Waals surface area contributed by atoms with E-state index in [1.807, 2.05) is 0 Å². The molecule has 0 aliphatic heterocycles. The monoisotopic (exact) mass is 323 g/mol. The molecule has 2 rings (SSSR count). The first-order chi connectivity index (χ1) is 9.16. The second kappa shape index (κ2) is 7.08. The lowest BCUT2D eigenvalue weighted by Crippen LogP contribution is -2.24. The number of benzene rings is 1. The van der Waals surface area contributed by atoms with E-state index >= 15 is 0 Å². The van der Waals surface area contributed by atoms with E-state index < -0.39 is 0 Å². The molecule has 2 aromatic rings. The van der Waals surface area contributed by atoms with Crippen molar-refractivity contribution in [3.63, 3.8) is 0 Å². The van der Waals surface area contributed by atoms with Gasteiger partial charge in [0.2, 0.25) is 0 Å². The summed E-state index contributed by atoms with van der Waals surface area (Å²) in [6.45, 7) is 4.27. The second-order valence-corrected chi connectivity index (χ2v) is 6.03. The van der Waals surface area contributed by atoms with Gasteiger partial charge in [0.05, 0.1) is 0 Å². The van der Waals surface area contributed by atoms with E-state index in [1.165, 1.54) is 17.3 Å². The number of rotatable bonds is 7. The van der Waals surface area contributed by atoms with Gasteiger partial charge in [-0.1, -0.05) is 15.9 Å². The third-order valence-corrected chi connectivity index (χ3v) is 3.71. The second-order valence-electron chi connectivity index (χ2n) is 5.12. The van der Waals surface area contributed by atoms with Crippen LogP contribution in [0.2, 0.25) is 0 Å². The normalized spacial score (nSPS) is 11.6. The van der Waals surface area contributed by atoms with E-state index in [-0.39, 0.29) is 0 Å². The number of aromatic nitrogens is 1. The lowest BCUT2D eigenvalue weighted by atomic mass is 10.2. The van der Waals surface area contributed by atoms with Crippen molar-refractivity contribution < 1.29 is 0 Å². The molecule has 1 N–H and O–H groups in total. The van der Waals surface area contributed by atoms with E-state index in [0.29, 0.717) is 0 Å². The van der Waals surface area contributed by atoms with Crippen LogP contribution < -0.4 is 5.32 Å². The maximum atomic E-state index is 3.51. The van der Waals surface area contributed by atoms with Crippen LogP contribution >= 0.6 is 15.9 Å². The first-order valence-corrected chi connectivity index (χ1v) is 7.56. The highest BCUT2D eigenvalue weighted by Crippen LogP contribution is 2.20. The Morgan fingerprint density at radius 3 is 2.84 bits per heavy atom. The maximum Gasteiger partial charge on any atom is 0.0481 e. The fourth-order valence-corrected chi connectivity index (χ4v) is 2.59. The fraction of sp³-hybridized carbons (Fsp3) is 0.467. The van der Waals surface area contributed by atoms with E-state index in [1.54, 1.807) is 0 Å². The summed E-state index contributed by atoms with van der Waals surface area (Å²) in [6, 6.07) is 8.61. The number of hydrogen-bond acceptors (Lipinski definition) is 2. The van der Waals surface area contributed by atoms with Crippen molar-refractivity contribution in [2.45, 2.75) is 13.0 Å². The molecule has 0 aliphatic rings. The smallest absolute Gasteiger partial charge is 0.0481 e. The summed E-state index contributed by atoms with van der Waals surface area (Å²) in [5.41, 5.74) is 1.30. The Bertz CT molecular complexity index is 519. The highest BCUT2D eigenvalue weighted by Gasteiger charge is 2.00. The van der Waals surface area contributed by atoms with Gasteiger partial charge in [0, 0.05) is 34.7 Å². The van der Waals surface area contributed by atoms with Crippen molar-refractivity contribution in [3.05, 3.63) is 34.9 Å². The molecule has 3 nitrogen and oxygen atoms in total. The Labute approximate surface area is 123 Å². The summed E-state index contributed by atoms with van der Waals surface area (Å²) in [4.78, 5) is 2.22. The summed E-state index contributed by atoms with van der Waals surface area (Å²) >= 11 is 3.51. The molecule has 0 unspecified atom stereocenters. The Morgan fingerprint density at radius 2 is 2.05 bits per heavy atom. The zero-order chi connectivity index (χ0) is 13.7. The number of fused-ring (bicyclic) bond motifs is 1. The third kappa shape index (κ3) is 4.34. The minimum Gasteiger partial charge on any atom is -0.346 e. The first kappa shape index (κ1) is 14.6. The molecule has 0 atom stereocenters. The van der Waals surface area contributed by atoms with Crippen LogP contribution in [-0.2, 0) is 6.54 Å². The molecule has 4 heteroatoms. The van der Waals surface area contributed by atoms with Crippen LogP contribution in [-0.4, -0.2) is 43.2 Å². The Hall–Kier alpha value is -0.840. The third-order valence-electron chi connectivity index (χ3n) is 3.22. The molecule has 0 saturated carbocycles. The topological polar surface area (TPSA) is 20.2 Å². The average Bonchev–Trinajstić information content (AvgIpc) is 2.75. The van der Waals surface area contributed by atoms with Gasteiger partial charge >= 0.3 is 0 Å². The minimum absolute atomic E-state index is 1.02. The van der Waals surface area contributed by atoms with Gasteiger partial charge in [0.25, 0.3) is 0 Å². The number of hydrogen-bond donors (Lipinski definition) is 1. The standard InChI is InChI=1S/C15H22BrN3/c1-18(2)9-3-7-17-8-11-19-10-6-13-12-14(16)4-5-15(13)19/h4-6,10,12,17H,3,7-9,11H2,1-2H3. The van der Waals surface area contributed by atoms with Crippen LogP contribution in [0.3, 0.4) is 0 Å². The zero-order valence-electron chi connectivity index (χ0n) is 11.7. The summed E-state index contributed by atoms with van der Waals surface area (Å²) in [5.74, 6) is 0. The summed E-state index contributed by atoms with van der Waals surface area (Å²) in [6.07, 6.45) is 3.37. The SMILES string of the molecule is CN(C)CCCNCCn1ccc2cc(Br)ccc21. The summed E-state index contributed by atoms with van der Waals surface area (Å²) in [5, 5.41) is 4.79. The van der Waals surface area contributed by atoms with Crippen LogP contribution in [0.25, 0.3) is 10.9 Å². The van der Waals surface area contributed by atoms with Gasteiger partial charge in [-0.25, -0.2) is 0 Å². The maximum absolute atomic E-state index is 3.51. The van der Waals surface area contributed by atoms with Crippen LogP contribution in [0.1, 0.15) is 6.42 Å². The molecular weight excluding hydrogens is 302 g/mol. The predicted octanol–water partition coefficient (Wildman–Crippen LogP) is 2.95. The molecule has 0 amide bonds. The molecular formula is C15H22BrN3. The average molecular weight is 324 g/mol. The summed E-state index contributed by atoms with van der Waals surface area (Å²) in [7, 11) is 4.23. The first-order valence-electron chi connectivity index (χ1n) is 6.76.